The van der Waals surface area contributed by atoms with Crippen LogP contribution in [0.3, 0.4) is 0 Å². The molecule has 1 aliphatic heterocycles. The van der Waals surface area contributed by atoms with E-state index in [0.29, 0.717) is 23.3 Å². The summed E-state index contributed by atoms with van der Waals surface area (Å²) in [5, 5.41) is 10.4. The minimum absolute atomic E-state index is 0.00561. The molecule has 4 nitrogen and oxygen atoms in total. The van der Waals surface area contributed by atoms with Crippen LogP contribution in [0.15, 0.2) is 30.3 Å². The summed E-state index contributed by atoms with van der Waals surface area (Å²) in [4.78, 5) is 12.8. The number of ether oxygens (including phenoxy) is 2. The van der Waals surface area contributed by atoms with E-state index in [0.717, 1.165) is 51.6 Å². The van der Waals surface area contributed by atoms with E-state index in [1.54, 1.807) is 0 Å². The van der Waals surface area contributed by atoms with Gasteiger partial charge in [-0.2, -0.15) is 0 Å². The second-order valence-electron chi connectivity index (χ2n) is 11.2. The molecule has 0 spiro atoms. The summed E-state index contributed by atoms with van der Waals surface area (Å²) in [6.07, 6.45) is 8.24. The molecular weight excluding hydrogens is 456 g/mol. The standard InChI is InChI=1S/C26H33BrO4/c1-24-11-10-20-18(13-22-26(27)14-17(28)9-12-25(20,26)15-30-22)19(24)7-8-21(24)31-23(29)16-5-3-2-4-6-16/h2-6,17-22,28H,7-15H2,1H3/t17-,18-,19-,20-,21-,22-,24-,25-,26-/m0/s1. The first kappa shape index (κ1) is 20.7. The number of fused-ring (bicyclic) bond motifs is 3. The van der Waals surface area contributed by atoms with Crippen LogP contribution in [0.2, 0.25) is 0 Å². The highest BCUT2D eigenvalue weighted by Gasteiger charge is 2.72. The Morgan fingerprint density at radius 1 is 1.13 bits per heavy atom. The number of alkyl halides is 1. The molecule has 4 saturated carbocycles. The molecule has 5 heteroatoms. The minimum Gasteiger partial charge on any atom is -0.458 e. The van der Waals surface area contributed by atoms with Gasteiger partial charge in [-0.1, -0.05) is 41.1 Å². The number of benzene rings is 1. The Balaban J connectivity index is 1.26. The van der Waals surface area contributed by atoms with Crippen molar-refractivity contribution in [1.29, 1.82) is 0 Å². The minimum atomic E-state index is -0.213. The molecule has 31 heavy (non-hydrogen) atoms. The van der Waals surface area contributed by atoms with E-state index in [9.17, 15) is 9.90 Å². The molecule has 4 aliphatic carbocycles. The zero-order valence-corrected chi connectivity index (χ0v) is 19.9. The normalized spacial score (nSPS) is 50.3. The Morgan fingerprint density at radius 2 is 1.94 bits per heavy atom. The quantitative estimate of drug-likeness (QED) is 0.463. The number of carbonyl (C=O) groups is 1. The van der Waals surface area contributed by atoms with E-state index in [1.807, 2.05) is 30.3 Å². The van der Waals surface area contributed by atoms with E-state index < -0.39 is 0 Å². The van der Waals surface area contributed by atoms with Crippen molar-refractivity contribution in [3.05, 3.63) is 35.9 Å². The van der Waals surface area contributed by atoms with E-state index in [4.69, 9.17) is 9.47 Å². The predicted octanol–water partition coefficient (Wildman–Crippen LogP) is 5.12. The van der Waals surface area contributed by atoms with Crippen LogP contribution in [0, 0.1) is 28.6 Å². The van der Waals surface area contributed by atoms with Gasteiger partial charge in [-0.15, -0.1) is 0 Å². The summed E-state index contributed by atoms with van der Waals surface area (Å²) in [7, 11) is 0. The van der Waals surface area contributed by atoms with Crippen molar-refractivity contribution in [1.82, 2.24) is 0 Å². The molecule has 2 bridgehead atoms. The highest BCUT2D eigenvalue weighted by Crippen LogP contribution is 2.72. The molecule has 0 aromatic heterocycles. The summed E-state index contributed by atoms with van der Waals surface area (Å²) < 4.78 is 12.5. The summed E-state index contributed by atoms with van der Waals surface area (Å²) in [6.45, 7) is 3.22. The number of aliphatic hydroxyl groups excluding tert-OH is 1. The van der Waals surface area contributed by atoms with Crippen LogP contribution in [-0.2, 0) is 9.47 Å². The van der Waals surface area contributed by atoms with Crippen LogP contribution in [-0.4, -0.2) is 40.3 Å². The van der Waals surface area contributed by atoms with Crippen LogP contribution in [0.25, 0.3) is 0 Å². The summed E-state index contributed by atoms with van der Waals surface area (Å²) in [6, 6.07) is 9.41. The molecule has 6 rings (SSSR count). The van der Waals surface area contributed by atoms with E-state index in [-0.39, 0.29) is 39.4 Å². The smallest absolute Gasteiger partial charge is 0.338 e. The molecule has 1 saturated heterocycles. The van der Waals surface area contributed by atoms with Crippen molar-refractivity contribution >= 4 is 21.9 Å². The maximum atomic E-state index is 12.8. The number of rotatable bonds is 2. The molecular formula is C26H33BrO4. The highest BCUT2D eigenvalue weighted by molar-refractivity contribution is 9.10. The van der Waals surface area contributed by atoms with Gasteiger partial charge in [0.05, 0.1) is 28.7 Å². The first-order valence-electron chi connectivity index (χ1n) is 12.1. The molecule has 1 heterocycles. The zero-order chi connectivity index (χ0) is 21.4. The molecule has 9 atom stereocenters. The lowest BCUT2D eigenvalue weighted by atomic mass is 9.45. The molecule has 5 aliphatic rings. The fourth-order valence-electron chi connectivity index (χ4n) is 8.63. The van der Waals surface area contributed by atoms with Crippen molar-refractivity contribution in [2.24, 2.45) is 28.6 Å². The average molecular weight is 489 g/mol. The number of carbonyl (C=O) groups excluding carboxylic acids is 1. The van der Waals surface area contributed by atoms with Gasteiger partial charge in [-0.25, -0.2) is 4.79 Å². The van der Waals surface area contributed by atoms with Crippen molar-refractivity contribution < 1.29 is 19.4 Å². The Kier molecular flexibility index (Phi) is 4.70. The highest BCUT2D eigenvalue weighted by atomic mass is 79.9. The molecule has 1 aromatic carbocycles. The lowest BCUT2D eigenvalue weighted by molar-refractivity contribution is -0.114. The third-order valence-electron chi connectivity index (χ3n) is 10.1. The molecule has 0 unspecified atom stereocenters. The molecule has 0 amide bonds. The average Bonchev–Trinajstić information content (AvgIpc) is 3.16. The van der Waals surface area contributed by atoms with Crippen molar-refractivity contribution in [3.8, 4) is 0 Å². The maximum absolute atomic E-state index is 12.8. The number of esters is 1. The van der Waals surface area contributed by atoms with Crippen molar-refractivity contribution in [2.45, 2.75) is 80.9 Å². The first-order valence-corrected chi connectivity index (χ1v) is 12.9. The number of aliphatic hydroxyl groups is 1. The zero-order valence-electron chi connectivity index (χ0n) is 18.3. The van der Waals surface area contributed by atoms with Gasteiger partial charge >= 0.3 is 5.97 Å². The van der Waals surface area contributed by atoms with Gasteiger partial charge in [0.15, 0.2) is 0 Å². The van der Waals surface area contributed by atoms with E-state index in [1.165, 1.54) is 6.42 Å². The van der Waals surface area contributed by atoms with Gasteiger partial charge in [0.25, 0.3) is 0 Å². The van der Waals surface area contributed by atoms with Gasteiger partial charge in [0.2, 0.25) is 0 Å². The summed E-state index contributed by atoms with van der Waals surface area (Å²) in [5.41, 5.74) is 0.860. The maximum Gasteiger partial charge on any atom is 0.338 e. The SMILES string of the molecule is C[C@]12CC[C@H]3[C@@H](C[C@@H]4OC[C@@]35CC[C@H](O)C[C@]45Br)[C@@H]1CC[C@@H]2OC(=O)c1ccccc1. The molecule has 168 valence electrons. The monoisotopic (exact) mass is 488 g/mol. The van der Waals surface area contributed by atoms with Crippen molar-refractivity contribution in [2.75, 3.05) is 6.61 Å². The van der Waals surface area contributed by atoms with Gasteiger partial charge in [-0.05, 0) is 81.3 Å². The predicted molar refractivity (Wildman–Crippen MR) is 121 cm³/mol. The Morgan fingerprint density at radius 3 is 2.74 bits per heavy atom. The van der Waals surface area contributed by atoms with E-state index in [2.05, 4.69) is 22.9 Å². The molecule has 1 aromatic rings. The molecule has 0 radical (unpaired) electrons. The first-order chi connectivity index (χ1) is 14.9. The number of hydrogen-bond acceptors (Lipinski definition) is 4. The third kappa shape index (κ3) is 2.75. The molecule has 5 fully saturated rings. The van der Waals surface area contributed by atoms with Gasteiger partial charge in [0, 0.05) is 10.8 Å². The van der Waals surface area contributed by atoms with Gasteiger partial charge in [0.1, 0.15) is 6.10 Å². The largest absolute Gasteiger partial charge is 0.458 e. The van der Waals surface area contributed by atoms with Gasteiger partial charge < -0.3 is 14.6 Å². The van der Waals surface area contributed by atoms with Crippen LogP contribution < -0.4 is 0 Å². The Bertz CT molecular complexity index is 875. The summed E-state index contributed by atoms with van der Waals surface area (Å²) in [5.74, 6) is 1.68. The van der Waals surface area contributed by atoms with Crippen LogP contribution >= 0.6 is 15.9 Å². The fourth-order valence-corrected chi connectivity index (χ4v) is 9.93. The van der Waals surface area contributed by atoms with Crippen LogP contribution in [0.1, 0.15) is 68.6 Å². The number of hydrogen-bond donors (Lipinski definition) is 1. The second-order valence-corrected chi connectivity index (χ2v) is 12.6. The Labute approximate surface area is 193 Å². The van der Waals surface area contributed by atoms with Gasteiger partial charge in [-0.3, -0.25) is 0 Å². The topological polar surface area (TPSA) is 55.8 Å². The lowest BCUT2D eigenvalue weighted by Gasteiger charge is -2.62. The Hall–Kier alpha value is -0.910. The molecule has 1 N–H and O–H groups in total. The third-order valence-corrected chi connectivity index (χ3v) is 11.8. The fraction of sp³-hybridized carbons (Fsp3) is 0.731. The number of halogens is 1. The van der Waals surface area contributed by atoms with E-state index >= 15 is 0 Å². The summed E-state index contributed by atoms with van der Waals surface area (Å²) >= 11 is 4.16. The van der Waals surface area contributed by atoms with Crippen molar-refractivity contribution in [3.63, 3.8) is 0 Å². The van der Waals surface area contributed by atoms with Crippen LogP contribution in [0.4, 0.5) is 0 Å². The second kappa shape index (κ2) is 7.04. The lowest BCUT2D eigenvalue weighted by Crippen LogP contribution is -2.63. The van der Waals surface area contributed by atoms with Crippen LogP contribution in [0.5, 0.6) is 0 Å².